The SMILES string of the molecule is CCOCCn1c(=NC(=O)c2ccc3nc(C)ccc3c2)sc2cccc(OC)c21. The van der Waals surface area contributed by atoms with Crippen molar-refractivity contribution in [1.29, 1.82) is 0 Å². The summed E-state index contributed by atoms with van der Waals surface area (Å²) in [5, 5.41) is 0.920. The van der Waals surface area contributed by atoms with Crippen LogP contribution in [0.1, 0.15) is 23.0 Å². The van der Waals surface area contributed by atoms with E-state index in [4.69, 9.17) is 9.47 Å². The van der Waals surface area contributed by atoms with E-state index in [9.17, 15) is 4.79 Å². The normalized spacial score (nSPS) is 12.0. The second-order valence-corrected chi connectivity index (χ2v) is 7.83. The van der Waals surface area contributed by atoms with Crippen LogP contribution in [0.25, 0.3) is 21.1 Å². The van der Waals surface area contributed by atoms with E-state index in [0.717, 1.165) is 32.6 Å². The summed E-state index contributed by atoms with van der Waals surface area (Å²) in [6, 6.07) is 15.2. The molecular formula is C23H23N3O3S. The number of hydrogen-bond donors (Lipinski definition) is 0. The van der Waals surface area contributed by atoms with Crippen molar-refractivity contribution in [2.45, 2.75) is 20.4 Å². The minimum Gasteiger partial charge on any atom is -0.495 e. The summed E-state index contributed by atoms with van der Waals surface area (Å²) in [5.74, 6) is 0.467. The molecule has 4 aromatic rings. The minimum absolute atomic E-state index is 0.284. The fourth-order valence-electron chi connectivity index (χ4n) is 3.37. The lowest BCUT2D eigenvalue weighted by atomic mass is 10.1. The highest BCUT2D eigenvalue weighted by molar-refractivity contribution is 7.16. The van der Waals surface area contributed by atoms with Crippen molar-refractivity contribution in [2.24, 2.45) is 4.99 Å². The van der Waals surface area contributed by atoms with Crippen molar-refractivity contribution in [3.8, 4) is 5.75 Å². The third-order valence-electron chi connectivity index (χ3n) is 4.82. The van der Waals surface area contributed by atoms with E-state index in [0.29, 0.717) is 30.1 Å². The van der Waals surface area contributed by atoms with Gasteiger partial charge >= 0.3 is 0 Å². The van der Waals surface area contributed by atoms with Crippen LogP contribution >= 0.6 is 11.3 Å². The Balaban J connectivity index is 1.80. The molecule has 2 heterocycles. The van der Waals surface area contributed by atoms with Crippen molar-refractivity contribution in [3.05, 3.63) is 64.6 Å². The molecule has 0 fully saturated rings. The Hall–Kier alpha value is -3.03. The lowest BCUT2D eigenvalue weighted by molar-refractivity contribution is 0.0996. The zero-order valence-corrected chi connectivity index (χ0v) is 18.0. The van der Waals surface area contributed by atoms with Gasteiger partial charge < -0.3 is 14.0 Å². The number of ether oxygens (including phenoxy) is 2. The highest BCUT2D eigenvalue weighted by Gasteiger charge is 2.13. The smallest absolute Gasteiger partial charge is 0.279 e. The van der Waals surface area contributed by atoms with Crippen LogP contribution < -0.4 is 9.54 Å². The van der Waals surface area contributed by atoms with Crippen LogP contribution in [0.2, 0.25) is 0 Å². The number of rotatable bonds is 6. The van der Waals surface area contributed by atoms with Gasteiger partial charge in [-0.25, -0.2) is 0 Å². The Morgan fingerprint density at radius 2 is 2.07 bits per heavy atom. The van der Waals surface area contributed by atoms with Gasteiger partial charge in [0.05, 0.1) is 23.9 Å². The summed E-state index contributed by atoms with van der Waals surface area (Å²) < 4.78 is 14.1. The van der Waals surface area contributed by atoms with Crippen LogP contribution in [0.3, 0.4) is 0 Å². The molecule has 0 aliphatic rings. The van der Waals surface area contributed by atoms with Gasteiger partial charge in [-0.1, -0.05) is 23.5 Å². The number of fused-ring (bicyclic) bond motifs is 2. The molecule has 1 amide bonds. The number of aryl methyl sites for hydroxylation is 1. The number of benzene rings is 2. The summed E-state index contributed by atoms with van der Waals surface area (Å²) in [6.07, 6.45) is 0. The van der Waals surface area contributed by atoms with Gasteiger partial charge in [-0.2, -0.15) is 4.99 Å². The molecule has 0 unspecified atom stereocenters. The maximum absolute atomic E-state index is 13.0. The standard InChI is InChI=1S/C23H23N3O3S/c1-4-29-13-12-26-21-19(28-3)6-5-7-20(21)30-23(26)25-22(27)17-10-11-18-16(14-17)9-8-15(2)24-18/h5-11,14H,4,12-13H2,1-3H3. The number of nitrogens with zero attached hydrogens (tertiary/aromatic N) is 3. The first-order valence-electron chi connectivity index (χ1n) is 9.81. The number of pyridine rings is 1. The molecule has 0 aliphatic heterocycles. The zero-order chi connectivity index (χ0) is 21.1. The van der Waals surface area contributed by atoms with Crippen molar-refractivity contribution < 1.29 is 14.3 Å². The zero-order valence-electron chi connectivity index (χ0n) is 17.2. The Labute approximate surface area is 178 Å². The van der Waals surface area contributed by atoms with Crippen LogP contribution in [0.4, 0.5) is 0 Å². The maximum Gasteiger partial charge on any atom is 0.279 e. The molecular weight excluding hydrogens is 398 g/mol. The lowest BCUT2D eigenvalue weighted by Crippen LogP contribution is -2.20. The molecule has 6 nitrogen and oxygen atoms in total. The van der Waals surface area contributed by atoms with E-state index in [1.165, 1.54) is 11.3 Å². The number of hydrogen-bond acceptors (Lipinski definition) is 5. The van der Waals surface area contributed by atoms with Gasteiger partial charge in [-0.15, -0.1) is 0 Å². The number of para-hydroxylation sites is 1. The van der Waals surface area contributed by atoms with E-state index < -0.39 is 0 Å². The van der Waals surface area contributed by atoms with Gasteiger partial charge in [-0.05, 0) is 50.2 Å². The molecule has 0 saturated carbocycles. The predicted molar refractivity (Wildman–Crippen MR) is 119 cm³/mol. The summed E-state index contributed by atoms with van der Waals surface area (Å²) >= 11 is 1.47. The minimum atomic E-state index is -0.284. The lowest BCUT2D eigenvalue weighted by Gasteiger charge is -2.08. The summed E-state index contributed by atoms with van der Waals surface area (Å²) in [5.41, 5.74) is 3.27. The fourth-order valence-corrected chi connectivity index (χ4v) is 4.44. The molecule has 2 aromatic heterocycles. The summed E-state index contributed by atoms with van der Waals surface area (Å²) in [4.78, 5) is 22.6. The van der Waals surface area contributed by atoms with Crippen LogP contribution in [0, 0.1) is 6.92 Å². The topological polar surface area (TPSA) is 65.7 Å². The second kappa shape index (κ2) is 8.77. The highest BCUT2D eigenvalue weighted by atomic mass is 32.1. The van der Waals surface area contributed by atoms with E-state index >= 15 is 0 Å². The first-order chi connectivity index (χ1) is 14.6. The largest absolute Gasteiger partial charge is 0.495 e. The summed E-state index contributed by atoms with van der Waals surface area (Å²) in [7, 11) is 1.64. The third kappa shape index (κ3) is 3.99. The summed E-state index contributed by atoms with van der Waals surface area (Å²) in [6.45, 7) is 5.66. The third-order valence-corrected chi connectivity index (χ3v) is 5.86. The van der Waals surface area contributed by atoms with E-state index in [1.807, 2.05) is 60.9 Å². The molecule has 0 atom stereocenters. The molecule has 0 aliphatic carbocycles. The van der Waals surface area contributed by atoms with Gasteiger partial charge in [0.25, 0.3) is 5.91 Å². The van der Waals surface area contributed by atoms with Gasteiger partial charge in [0.15, 0.2) is 4.80 Å². The van der Waals surface area contributed by atoms with Crippen molar-refractivity contribution in [1.82, 2.24) is 9.55 Å². The van der Waals surface area contributed by atoms with Crippen LogP contribution in [-0.4, -0.2) is 35.8 Å². The quantitative estimate of drug-likeness (QED) is 0.434. The molecule has 4 rings (SSSR count). The maximum atomic E-state index is 13.0. The molecule has 0 saturated heterocycles. The average Bonchev–Trinajstić information content (AvgIpc) is 3.10. The number of methoxy groups -OCH3 is 1. The molecule has 30 heavy (non-hydrogen) atoms. The van der Waals surface area contributed by atoms with Crippen molar-refractivity contribution in [2.75, 3.05) is 20.3 Å². The van der Waals surface area contributed by atoms with Crippen molar-refractivity contribution in [3.63, 3.8) is 0 Å². The van der Waals surface area contributed by atoms with E-state index in [-0.39, 0.29) is 5.91 Å². The molecule has 0 bridgehead atoms. The highest BCUT2D eigenvalue weighted by Crippen LogP contribution is 2.27. The molecule has 7 heteroatoms. The number of carbonyl (C=O) groups excluding carboxylic acids is 1. The van der Waals surface area contributed by atoms with Gasteiger partial charge in [0, 0.05) is 29.8 Å². The predicted octanol–water partition coefficient (Wildman–Crippen LogP) is 4.35. The van der Waals surface area contributed by atoms with Gasteiger partial charge in [0.1, 0.15) is 11.3 Å². The molecule has 0 radical (unpaired) electrons. The van der Waals surface area contributed by atoms with Gasteiger partial charge in [0.2, 0.25) is 0 Å². The first-order valence-corrected chi connectivity index (χ1v) is 10.6. The van der Waals surface area contributed by atoms with Crippen molar-refractivity contribution >= 4 is 38.4 Å². The van der Waals surface area contributed by atoms with Crippen LogP contribution in [-0.2, 0) is 11.3 Å². The second-order valence-electron chi connectivity index (χ2n) is 6.82. The Bertz CT molecular complexity index is 1290. The first kappa shape index (κ1) is 20.3. The number of thiazole rings is 1. The Kier molecular flexibility index (Phi) is 5.92. The molecule has 0 N–H and O–H groups in total. The fraction of sp³-hybridized carbons (Fsp3) is 0.261. The van der Waals surface area contributed by atoms with Gasteiger partial charge in [-0.3, -0.25) is 9.78 Å². The monoisotopic (exact) mass is 421 g/mol. The molecule has 154 valence electrons. The molecule has 2 aromatic carbocycles. The van der Waals surface area contributed by atoms with E-state index in [2.05, 4.69) is 9.98 Å². The number of amides is 1. The number of aromatic nitrogens is 2. The Morgan fingerprint density at radius 1 is 1.20 bits per heavy atom. The van der Waals surface area contributed by atoms with Crippen LogP contribution in [0.15, 0.2) is 53.5 Å². The number of carbonyl (C=O) groups is 1. The van der Waals surface area contributed by atoms with Crippen LogP contribution in [0.5, 0.6) is 5.75 Å². The molecule has 0 spiro atoms. The average molecular weight is 422 g/mol. The Morgan fingerprint density at radius 3 is 2.87 bits per heavy atom. The van der Waals surface area contributed by atoms with E-state index in [1.54, 1.807) is 13.2 Å².